The van der Waals surface area contributed by atoms with E-state index in [1.807, 2.05) is 30.3 Å². The number of hydrogen-bond acceptors (Lipinski definition) is 3. The predicted octanol–water partition coefficient (Wildman–Crippen LogP) is 2.95. The zero-order valence-electron chi connectivity index (χ0n) is 15.8. The second kappa shape index (κ2) is 10.5. The standard InChI is InChI=1S/C20H24ClN5O.HI/c1-23-20(24-14-15-6-8-16(9-7-15)19(22)27)26-12-10-25(11-13-26)18-5-3-2-4-17(18)21;/h2-9H,10-14H2,1H3,(H2,22,27)(H,23,24);1H. The van der Waals surface area contributed by atoms with Gasteiger partial charge in [-0.3, -0.25) is 9.79 Å². The van der Waals surface area contributed by atoms with E-state index in [2.05, 4.69) is 26.2 Å². The number of piperazine rings is 1. The van der Waals surface area contributed by atoms with Gasteiger partial charge in [0.05, 0.1) is 10.7 Å². The molecule has 1 saturated heterocycles. The summed E-state index contributed by atoms with van der Waals surface area (Å²) in [6.07, 6.45) is 0. The zero-order valence-corrected chi connectivity index (χ0v) is 18.9. The Hall–Kier alpha value is -2.00. The summed E-state index contributed by atoms with van der Waals surface area (Å²) in [4.78, 5) is 20.1. The summed E-state index contributed by atoms with van der Waals surface area (Å²) >= 11 is 6.31. The number of nitrogens with two attached hydrogens (primary N) is 1. The lowest BCUT2D eigenvalue weighted by Crippen LogP contribution is -2.52. The van der Waals surface area contributed by atoms with Crippen molar-refractivity contribution in [2.45, 2.75) is 6.54 Å². The number of rotatable bonds is 4. The fraction of sp³-hybridized carbons (Fsp3) is 0.300. The summed E-state index contributed by atoms with van der Waals surface area (Å²) in [6, 6.07) is 15.2. The van der Waals surface area contributed by atoms with Crippen LogP contribution in [0.1, 0.15) is 15.9 Å². The van der Waals surface area contributed by atoms with Gasteiger partial charge in [-0.15, -0.1) is 24.0 Å². The van der Waals surface area contributed by atoms with Crippen LogP contribution >= 0.6 is 35.6 Å². The quantitative estimate of drug-likeness (QED) is 0.375. The first-order valence-corrected chi connectivity index (χ1v) is 9.30. The molecule has 0 unspecified atom stereocenters. The van der Waals surface area contributed by atoms with Crippen LogP contribution in [0.3, 0.4) is 0 Å². The molecule has 1 aliphatic heterocycles. The van der Waals surface area contributed by atoms with Crippen molar-refractivity contribution in [3.05, 3.63) is 64.7 Å². The van der Waals surface area contributed by atoms with Gasteiger partial charge >= 0.3 is 0 Å². The molecule has 1 fully saturated rings. The normalized spacial score (nSPS) is 14.4. The number of nitrogens with zero attached hydrogens (tertiary/aromatic N) is 3. The molecule has 0 aromatic heterocycles. The summed E-state index contributed by atoms with van der Waals surface area (Å²) in [6.45, 7) is 4.14. The molecule has 3 rings (SSSR count). The van der Waals surface area contributed by atoms with E-state index in [9.17, 15) is 4.79 Å². The summed E-state index contributed by atoms with van der Waals surface area (Å²) in [7, 11) is 1.79. The van der Waals surface area contributed by atoms with Gasteiger partial charge in [0.25, 0.3) is 0 Å². The number of benzene rings is 2. The van der Waals surface area contributed by atoms with Gasteiger partial charge in [0, 0.05) is 45.3 Å². The Morgan fingerprint density at radius 1 is 1.11 bits per heavy atom. The number of nitrogens with one attached hydrogen (secondary N) is 1. The first-order chi connectivity index (χ1) is 13.1. The van der Waals surface area contributed by atoms with Gasteiger partial charge in [-0.25, -0.2) is 0 Å². The number of para-hydroxylation sites is 1. The van der Waals surface area contributed by atoms with Crippen molar-refractivity contribution in [2.75, 3.05) is 38.1 Å². The van der Waals surface area contributed by atoms with E-state index >= 15 is 0 Å². The lowest BCUT2D eigenvalue weighted by molar-refractivity contribution is 0.100. The molecule has 150 valence electrons. The van der Waals surface area contributed by atoms with E-state index in [-0.39, 0.29) is 24.0 Å². The number of carbonyl (C=O) groups is 1. The maximum atomic E-state index is 11.1. The Labute approximate surface area is 187 Å². The van der Waals surface area contributed by atoms with Crippen LogP contribution in [0.25, 0.3) is 0 Å². The Kier molecular flexibility index (Phi) is 8.37. The number of primary amides is 1. The highest BCUT2D eigenvalue weighted by Gasteiger charge is 2.20. The molecule has 8 heteroatoms. The molecule has 0 spiro atoms. The van der Waals surface area contributed by atoms with Gasteiger partial charge in [0.1, 0.15) is 0 Å². The van der Waals surface area contributed by atoms with Crippen molar-refractivity contribution in [1.82, 2.24) is 10.2 Å². The number of halogens is 2. The van der Waals surface area contributed by atoms with E-state index in [0.29, 0.717) is 12.1 Å². The third kappa shape index (κ3) is 5.51. The number of aliphatic imine (C=N–C) groups is 1. The largest absolute Gasteiger partial charge is 0.367 e. The Morgan fingerprint density at radius 3 is 2.32 bits per heavy atom. The van der Waals surface area contributed by atoms with Crippen LogP contribution in [0.15, 0.2) is 53.5 Å². The van der Waals surface area contributed by atoms with Crippen LogP contribution in [-0.2, 0) is 6.54 Å². The van der Waals surface area contributed by atoms with E-state index in [0.717, 1.165) is 48.4 Å². The predicted molar refractivity (Wildman–Crippen MR) is 126 cm³/mol. The number of carbonyl (C=O) groups excluding carboxylic acids is 1. The van der Waals surface area contributed by atoms with E-state index in [1.165, 1.54) is 0 Å². The molecule has 3 N–H and O–H groups in total. The number of anilines is 1. The smallest absolute Gasteiger partial charge is 0.248 e. The SMILES string of the molecule is CN=C(NCc1ccc(C(N)=O)cc1)N1CCN(c2ccccc2Cl)CC1.I. The van der Waals surface area contributed by atoms with Crippen LogP contribution < -0.4 is 16.0 Å². The van der Waals surface area contributed by atoms with E-state index in [1.54, 1.807) is 19.2 Å². The van der Waals surface area contributed by atoms with Gasteiger partial charge in [-0.1, -0.05) is 35.9 Å². The van der Waals surface area contributed by atoms with Gasteiger partial charge < -0.3 is 20.9 Å². The minimum absolute atomic E-state index is 0. The van der Waals surface area contributed by atoms with Crippen LogP contribution in [-0.4, -0.2) is 50.0 Å². The number of guanidine groups is 1. The average molecular weight is 514 g/mol. The van der Waals surface area contributed by atoms with E-state index in [4.69, 9.17) is 17.3 Å². The van der Waals surface area contributed by atoms with Crippen LogP contribution in [0.4, 0.5) is 5.69 Å². The molecule has 6 nitrogen and oxygen atoms in total. The third-order valence-electron chi connectivity index (χ3n) is 4.67. The van der Waals surface area contributed by atoms with Gasteiger partial charge in [0.15, 0.2) is 5.96 Å². The molecular formula is C20H25ClIN5O. The first kappa shape index (κ1) is 22.3. The number of hydrogen-bond donors (Lipinski definition) is 2. The molecule has 28 heavy (non-hydrogen) atoms. The van der Waals surface area contributed by atoms with Gasteiger partial charge in [0.2, 0.25) is 5.91 Å². The van der Waals surface area contributed by atoms with Crippen molar-refractivity contribution in [1.29, 1.82) is 0 Å². The topological polar surface area (TPSA) is 74.0 Å². The van der Waals surface area contributed by atoms with Crippen molar-refractivity contribution >= 4 is 53.1 Å². The lowest BCUT2D eigenvalue weighted by Gasteiger charge is -2.38. The molecule has 1 heterocycles. The highest BCUT2D eigenvalue weighted by Crippen LogP contribution is 2.26. The Bertz CT molecular complexity index is 820. The molecule has 0 atom stereocenters. The third-order valence-corrected chi connectivity index (χ3v) is 4.99. The highest BCUT2D eigenvalue weighted by molar-refractivity contribution is 14.0. The fourth-order valence-electron chi connectivity index (χ4n) is 3.17. The fourth-order valence-corrected chi connectivity index (χ4v) is 3.42. The Morgan fingerprint density at radius 2 is 1.75 bits per heavy atom. The maximum absolute atomic E-state index is 11.1. The van der Waals surface area contributed by atoms with Crippen molar-refractivity contribution in [3.63, 3.8) is 0 Å². The van der Waals surface area contributed by atoms with Crippen molar-refractivity contribution < 1.29 is 4.79 Å². The first-order valence-electron chi connectivity index (χ1n) is 8.92. The molecule has 2 aromatic rings. The molecule has 0 bridgehead atoms. The molecule has 2 aromatic carbocycles. The van der Waals surface area contributed by atoms with Crippen LogP contribution in [0.5, 0.6) is 0 Å². The average Bonchev–Trinajstić information content (AvgIpc) is 2.70. The molecular weight excluding hydrogens is 489 g/mol. The van der Waals surface area contributed by atoms with Crippen LogP contribution in [0.2, 0.25) is 5.02 Å². The monoisotopic (exact) mass is 513 g/mol. The number of amides is 1. The van der Waals surface area contributed by atoms with Crippen molar-refractivity contribution in [2.24, 2.45) is 10.7 Å². The molecule has 1 amide bonds. The minimum Gasteiger partial charge on any atom is -0.367 e. The lowest BCUT2D eigenvalue weighted by atomic mass is 10.1. The molecule has 0 saturated carbocycles. The summed E-state index contributed by atoms with van der Waals surface area (Å²) in [5.41, 5.74) is 7.93. The van der Waals surface area contributed by atoms with Crippen LogP contribution in [0, 0.1) is 0 Å². The Balaban J connectivity index is 0.00000280. The molecule has 0 radical (unpaired) electrons. The van der Waals surface area contributed by atoms with Gasteiger partial charge in [-0.2, -0.15) is 0 Å². The zero-order chi connectivity index (χ0) is 19.2. The second-order valence-corrected chi connectivity index (χ2v) is 6.79. The summed E-state index contributed by atoms with van der Waals surface area (Å²) < 4.78 is 0. The maximum Gasteiger partial charge on any atom is 0.248 e. The summed E-state index contributed by atoms with van der Waals surface area (Å²) in [5, 5.41) is 4.17. The van der Waals surface area contributed by atoms with Crippen molar-refractivity contribution in [3.8, 4) is 0 Å². The molecule has 0 aliphatic carbocycles. The molecule has 1 aliphatic rings. The highest BCUT2D eigenvalue weighted by atomic mass is 127. The van der Waals surface area contributed by atoms with Gasteiger partial charge in [-0.05, 0) is 29.8 Å². The minimum atomic E-state index is -0.415. The summed E-state index contributed by atoms with van der Waals surface area (Å²) in [5.74, 6) is 0.453. The van der Waals surface area contributed by atoms with E-state index < -0.39 is 5.91 Å². The second-order valence-electron chi connectivity index (χ2n) is 6.39.